The number of primary amides is 1. The van der Waals surface area contributed by atoms with Gasteiger partial charge in [0, 0.05) is 11.4 Å². The number of rotatable bonds is 8. The molecule has 0 fully saturated rings. The zero-order valence-corrected chi connectivity index (χ0v) is 15.3. The molecule has 1 aromatic heterocycles. The van der Waals surface area contributed by atoms with Crippen molar-refractivity contribution in [3.05, 3.63) is 41.6 Å². The van der Waals surface area contributed by atoms with Crippen molar-refractivity contribution in [1.29, 1.82) is 0 Å². The van der Waals surface area contributed by atoms with Crippen LogP contribution in [0.4, 0.5) is 9.18 Å². The highest BCUT2D eigenvalue weighted by molar-refractivity contribution is 7.99. The van der Waals surface area contributed by atoms with E-state index in [0.29, 0.717) is 6.54 Å². The summed E-state index contributed by atoms with van der Waals surface area (Å²) < 4.78 is 25.4. The van der Waals surface area contributed by atoms with E-state index in [-0.39, 0.29) is 25.1 Å². The van der Waals surface area contributed by atoms with E-state index in [1.54, 1.807) is 6.07 Å². The van der Waals surface area contributed by atoms with Crippen molar-refractivity contribution in [1.82, 2.24) is 9.55 Å². The van der Waals surface area contributed by atoms with E-state index in [0.717, 1.165) is 21.4 Å². The lowest BCUT2D eigenvalue weighted by molar-refractivity contribution is -0.0237. The lowest BCUT2D eigenvalue weighted by Crippen LogP contribution is -2.15. The third-order valence-electron chi connectivity index (χ3n) is 3.41. The number of hydrogen-bond donors (Lipinski definition) is 1. The highest BCUT2D eigenvalue weighted by atomic mass is 32.2. The molecular weight excluding hydrogens is 345 g/mol. The first-order valence-corrected chi connectivity index (χ1v) is 8.76. The molecule has 136 valence electrons. The SMILES string of the molecule is CCn1c(COCOC(N)=O)nc(C(C)C)c1Sc1cccc(F)c1. The second-order valence-electron chi connectivity index (χ2n) is 5.61. The van der Waals surface area contributed by atoms with Gasteiger partial charge in [-0.15, -0.1) is 0 Å². The van der Waals surface area contributed by atoms with E-state index in [2.05, 4.69) is 23.6 Å². The van der Waals surface area contributed by atoms with Gasteiger partial charge in [-0.2, -0.15) is 0 Å². The molecule has 2 rings (SSSR count). The predicted octanol–water partition coefficient (Wildman–Crippen LogP) is 3.89. The topological polar surface area (TPSA) is 79.4 Å². The van der Waals surface area contributed by atoms with Crippen molar-refractivity contribution in [3.63, 3.8) is 0 Å². The Balaban J connectivity index is 2.25. The van der Waals surface area contributed by atoms with Crippen LogP contribution in [0.3, 0.4) is 0 Å². The first-order valence-electron chi connectivity index (χ1n) is 7.95. The average molecular weight is 367 g/mol. The van der Waals surface area contributed by atoms with Crippen molar-refractivity contribution < 1.29 is 18.7 Å². The van der Waals surface area contributed by atoms with E-state index < -0.39 is 6.09 Å². The van der Waals surface area contributed by atoms with Gasteiger partial charge in [0.15, 0.2) is 6.79 Å². The molecule has 0 atom stereocenters. The van der Waals surface area contributed by atoms with Gasteiger partial charge in [0.1, 0.15) is 23.3 Å². The summed E-state index contributed by atoms with van der Waals surface area (Å²) in [6.45, 7) is 6.76. The highest BCUT2D eigenvalue weighted by Gasteiger charge is 2.20. The molecule has 8 heteroatoms. The fraction of sp³-hybridized carbons (Fsp3) is 0.412. The molecule has 0 aliphatic rings. The maximum Gasteiger partial charge on any atom is 0.406 e. The molecule has 0 unspecified atom stereocenters. The molecule has 2 N–H and O–H groups in total. The first kappa shape index (κ1) is 19.3. The number of hydrogen-bond acceptors (Lipinski definition) is 5. The van der Waals surface area contributed by atoms with Crippen LogP contribution < -0.4 is 5.73 Å². The van der Waals surface area contributed by atoms with Gasteiger partial charge >= 0.3 is 6.09 Å². The van der Waals surface area contributed by atoms with Crippen LogP contribution in [0.5, 0.6) is 0 Å². The molecule has 0 saturated heterocycles. The fourth-order valence-corrected chi connectivity index (χ4v) is 3.57. The number of nitrogens with two attached hydrogens (primary N) is 1. The van der Waals surface area contributed by atoms with E-state index in [9.17, 15) is 9.18 Å². The number of benzene rings is 1. The molecule has 2 aromatic rings. The largest absolute Gasteiger partial charge is 0.422 e. The Hall–Kier alpha value is -2.06. The summed E-state index contributed by atoms with van der Waals surface area (Å²) >= 11 is 1.47. The van der Waals surface area contributed by atoms with Crippen LogP contribution in [0.2, 0.25) is 0 Å². The summed E-state index contributed by atoms with van der Waals surface area (Å²) in [5, 5.41) is 0.956. The number of amides is 1. The number of imidazole rings is 1. The highest BCUT2D eigenvalue weighted by Crippen LogP contribution is 2.35. The summed E-state index contributed by atoms with van der Waals surface area (Å²) in [6.07, 6.45) is -0.885. The Bertz CT molecular complexity index is 734. The number of aromatic nitrogens is 2. The van der Waals surface area contributed by atoms with Gasteiger partial charge in [0.05, 0.1) is 5.69 Å². The van der Waals surface area contributed by atoms with Gasteiger partial charge in [-0.3, -0.25) is 0 Å². The number of carbonyl (C=O) groups excluding carboxylic acids is 1. The fourth-order valence-electron chi connectivity index (χ4n) is 2.30. The first-order chi connectivity index (χ1) is 11.9. The molecule has 0 spiro atoms. The predicted molar refractivity (Wildman–Crippen MR) is 92.8 cm³/mol. The van der Waals surface area contributed by atoms with Gasteiger partial charge in [0.2, 0.25) is 0 Å². The van der Waals surface area contributed by atoms with Gasteiger partial charge in [-0.1, -0.05) is 31.7 Å². The van der Waals surface area contributed by atoms with Crippen molar-refractivity contribution in [2.75, 3.05) is 6.79 Å². The molecule has 0 aliphatic heterocycles. The van der Waals surface area contributed by atoms with Crippen LogP contribution in [0.15, 0.2) is 34.2 Å². The van der Waals surface area contributed by atoms with Gasteiger partial charge in [0.25, 0.3) is 0 Å². The van der Waals surface area contributed by atoms with Gasteiger partial charge < -0.3 is 19.8 Å². The Morgan fingerprint density at radius 2 is 2.20 bits per heavy atom. The van der Waals surface area contributed by atoms with Crippen molar-refractivity contribution in [3.8, 4) is 0 Å². The van der Waals surface area contributed by atoms with Crippen LogP contribution in [0.1, 0.15) is 38.2 Å². The van der Waals surface area contributed by atoms with E-state index >= 15 is 0 Å². The summed E-state index contributed by atoms with van der Waals surface area (Å²) in [4.78, 5) is 16.1. The van der Waals surface area contributed by atoms with Crippen LogP contribution in [0.25, 0.3) is 0 Å². The Kier molecular flexibility index (Phi) is 6.83. The monoisotopic (exact) mass is 367 g/mol. The lowest BCUT2D eigenvalue weighted by atomic mass is 10.1. The molecule has 0 saturated carbocycles. The zero-order valence-electron chi connectivity index (χ0n) is 14.5. The second kappa shape index (κ2) is 8.87. The van der Waals surface area contributed by atoms with Crippen LogP contribution in [-0.2, 0) is 22.6 Å². The minimum Gasteiger partial charge on any atom is -0.422 e. The minimum atomic E-state index is -0.885. The quantitative estimate of drug-likeness (QED) is 0.566. The van der Waals surface area contributed by atoms with E-state index in [1.165, 1.54) is 23.9 Å². The summed E-state index contributed by atoms with van der Waals surface area (Å²) in [6, 6.07) is 6.47. The third-order valence-corrected chi connectivity index (χ3v) is 4.53. The van der Waals surface area contributed by atoms with Crippen LogP contribution >= 0.6 is 11.8 Å². The van der Waals surface area contributed by atoms with Crippen LogP contribution in [-0.4, -0.2) is 22.4 Å². The maximum atomic E-state index is 13.5. The van der Waals surface area contributed by atoms with Crippen LogP contribution in [0, 0.1) is 5.82 Å². The lowest BCUT2D eigenvalue weighted by Gasteiger charge is -2.11. The Labute approximate surface area is 150 Å². The van der Waals surface area contributed by atoms with Crippen molar-refractivity contribution >= 4 is 17.9 Å². The Morgan fingerprint density at radius 3 is 2.80 bits per heavy atom. The van der Waals surface area contributed by atoms with E-state index in [4.69, 9.17) is 10.5 Å². The molecule has 1 aromatic carbocycles. The molecule has 25 heavy (non-hydrogen) atoms. The Morgan fingerprint density at radius 1 is 1.44 bits per heavy atom. The number of nitrogens with zero attached hydrogens (tertiary/aromatic N) is 2. The van der Waals surface area contributed by atoms with E-state index in [1.807, 2.05) is 17.6 Å². The molecule has 0 bridgehead atoms. The summed E-state index contributed by atoms with van der Waals surface area (Å²) in [7, 11) is 0. The normalized spacial score (nSPS) is 11.1. The third kappa shape index (κ3) is 5.20. The standard InChI is InChI=1S/C17H22FN3O3S/c1-4-21-14(9-23-10-24-17(19)22)20-15(11(2)3)16(21)25-13-7-5-6-12(18)8-13/h5-8,11H,4,9-10H2,1-3H3,(H2,19,22). The summed E-state index contributed by atoms with van der Waals surface area (Å²) in [5.41, 5.74) is 5.82. The zero-order chi connectivity index (χ0) is 18.4. The number of ether oxygens (including phenoxy) is 2. The number of carbonyl (C=O) groups is 1. The van der Waals surface area contributed by atoms with Gasteiger partial charge in [-0.25, -0.2) is 14.2 Å². The molecule has 0 radical (unpaired) electrons. The molecule has 0 aliphatic carbocycles. The van der Waals surface area contributed by atoms with Crippen molar-refractivity contribution in [2.24, 2.45) is 5.73 Å². The molecular formula is C17H22FN3O3S. The maximum absolute atomic E-state index is 13.5. The minimum absolute atomic E-state index is 0.185. The number of halogens is 1. The smallest absolute Gasteiger partial charge is 0.406 e. The molecule has 1 heterocycles. The van der Waals surface area contributed by atoms with Gasteiger partial charge in [-0.05, 0) is 31.0 Å². The second-order valence-corrected chi connectivity index (χ2v) is 6.67. The van der Waals surface area contributed by atoms with Crippen molar-refractivity contribution in [2.45, 2.75) is 49.8 Å². The average Bonchev–Trinajstić information content (AvgIpc) is 2.89. The summed E-state index contributed by atoms with van der Waals surface area (Å²) in [5.74, 6) is 0.647. The molecule has 6 nitrogen and oxygen atoms in total. The molecule has 1 amide bonds.